The summed E-state index contributed by atoms with van der Waals surface area (Å²) in [6, 6.07) is 7.58. The molecule has 45 heavy (non-hydrogen) atoms. The van der Waals surface area contributed by atoms with Gasteiger partial charge in [0.25, 0.3) is 5.91 Å². The third-order valence-electron chi connectivity index (χ3n) is 9.35. The first-order valence-electron chi connectivity index (χ1n) is 15.3. The normalized spacial score (nSPS) is 21.4. The van der Waals surface area contributed by atoms with Gasteiger partial charge in [-0.1, -0.05) is 31.7 Å². The second-order valence-corrected chi connectivity index (χ2v) is 12.3. The number of piperazine rings is 1. The molecule has 3 atom stereocenters. The van der Waals surface area contributed by atoms with Crippen LogP contribution in [-0.4, -0.2) is 84.1 Å². The Morgan fingerprint density at radius 2 is 2.09 bits per heavy atom. The van der Waals surface area contributed by atoms with Crippen molar-refractivity contribution in [3.05, 3.63) is 70.7 Å². The van der Waals surface area contributed by atoms with E-state index in [1.165, 1.54) is 10.5 Å². The molecule has 3 aromatic rings. The number of hydrogen-bond acceptors (Lipinski definition) is 7. The van der Waals surface area contributed by atoms with Gasteiger partial charge in [0.1, 0.15) is 35.5 Å². The van der Waals surface area contributed by atoms with E-state index in [9.17, 15) is 14.4 Å². The Morgan fingerprint density at radius 3 is 2.80 bits per heavy atom. The third kappa shape index (κ3) is 5.57. The molecule has 11 heteroatoms. The first-order chi connectivity index (χ1) is 21.7. The van der Waals surface area contributed by atoms with E-state index in [1.807, 2.05) is 24.1 Å². The minimum atomic E-state index is -1.10. The number of anilines is 1. The summed E-state index contributed by atoms with van der Waals surface area (Å²) in [5.74, 6) is -2.09. The first kappa shape index (κ1) is 30.4. The van der Waals surface area contributed by atoms with Gasteiger partial charge in [-0.05, 0) is 56.3 Å². The number of nitriles is 1. The van der Waals surface area contributed by atoms with Gasteiger partial charge in [0, 0.05) is 42.8 Å². The second kappa shape index (κ2) is 12.4. The number of carbonyl (C=O) groups excluding carboxylic acids is 1. The van der Waals surface area contributed by atoms with E-state index < -0.39 is 23.6 Å². The van der Waals surface area contributed by atoms with Crippen molar-refractivity contribution in [3.8, 4) is 23.2 Å². The number of carbonyl (C=O) groups is 1. The first-order valence-corrected chi connectivity index (χ1v) is 15.3. The highest BCUT2D eigenvalue weighted by atomic mass is 19.1. The highest BCUT2D eigenvalue weighted by molar-refractivity contribution is 5.98. The van der Waals surface area contributed by atoms with Crippen LogP contribution in [0.2, 0.25) is 0 Å². The van der Waals surface area contributed by atoms with E-state index in [1.54, 1.807) is 6.20 Å². The number of rotatable bonds is 7. The molecular formula is C34H35F2N7O2. The lowest BCUT2D eigenvalue weighted by atomic mass is 9.98. The number of fused-ring (bicyclic) bond motifs is 2. The molecule has 0 spiro atoms. The molecule has 4 heterocycles. The Kier molecular flexibility index (Phi) is 8.39. The molecule has 6 rings (SSSR count). The van der Waals surface area contributed by atoms with Gasteiger partial charge in [-0.3, -0.25) is 9.78 Å². The van der Waals surface area contributed by atoms with Crippen molar-refractivity contribution in [1.82, 2.24) is 19.8 Å². The van der Waals surface area contributed by atoms with Crippen LogP contribution in [0.4, 0.5) is 14.5 Å². The van der Waals surface area contributed by atoms with Crippen LogP contribution in [-0.2, 0) is 17.6 Å². The number of halogens is 2. The lowest BCUT2D eigenvalue weighted by molar-refractivity contribution is -0.131. The maximum atomic E-state index is 16.7. The average molecular weight is 612 g/mol. The largest absolute Gasteiger partial charge is 0.475 e. The molecule has 0 N–H and O–H groups in total. The lowest BCUT2D eigenvalue weighted by Gasteiger charge is -2.40. The number of benzene rings is 1. The summed E-state index contributed by atoms with van der Waals surface area (Å²) >= 11 is 0. The van der Waals surface area contributed by atoms with E-state index in [4.69, 9.17) is 11.3 Å². The maximum Gasteiger partial charge on any atom is 0.282 e. The molecule has 2 aromatic heterocycles. The predicted molar refractivity (Wildman–Crippen MR) is 167 cm³/mol. The number of pyridine rings is 2. The number of nitrogens with zero attached hydrogens (tertiary/aromatic N) is 7. The van der Waals surface area contributed by atoms with Crippen LogP contribution >= 0.6 is 0 Å². The molecule has 2 aliphatic heterocycles. The van der Waals surface area contributed by atoms with E-state index in [-0.39, 0.29) is 61.5 Å². The molecule has 0 saturated carbocycles. The minimum absolute atomic E-state index is 0.0284. The summed E-state index contributed by atoms with van der Waals surface area (Å²) in [6.07, 6.45) is 5.28. The van der Waals surface area contributed by atoms with Gasteiger partial charge >= 0.3 is 0 Å². The van der Waals surface area contributed by atoms with Crippen LogP contribution in [0.1, 0.15) is 36.5 Å². The number of likely N-dealkylation sites (tertiary alicyclic amines) is 1. The molecule has 2 saturated heterocycles. The number of hydrogen-bond donors (Lipinski definition) is 0. The molecular weight excluding hydrogens is 576 g/mol. The Hall–Kier alpha value is -4.61. The summed E-state index contributed by atoms with van der Waals surface area (Å²) < 4.78 is 36.8. The highest BCUT2D eigenvalue weighted by Gasteiger charge is 2.36. The third-order valence-corrected chi connectivity index (χ3v) is 9.35. The van der Waals surface area contributed by atoms with Crippen LogP contribution < -0.4 is 9.64 Å². The van der Waals surface area contributed by atoms with E-state index in [0.29, 0.717) is 17.0 Å². The monoisotopic (exact) mass is 611 g/mol. The van der Waals surface area contributed by atoms with Crippen molar-refractivity contribution in [3.63, 3.8) is 0 Å². The molecule has 0 bridgehead atoms. The van der Waals surface area contributed by atoms with Gasteiger partial charge < -0.3 is 24.3 Å². The van der Waals surface area contributed by atoms with Crippen LogP contribution in [0.15, 0.2) is 36.8 Å². The molecule has 2 fully saturated rings. The van der Waals surface area contributed by atoms with Crippen LogP contribution in [0.25, 0.3) is 27.0 Å². The molecule has 3 aliphatic rings. The molecule has 0 radical (unpaired) electrons. The quantitative estimate of drug-likeness (QED) is 0.276. The SMILES string of the molecule is [C-]#[N+]C[C@H]1CN(c2c(C#N)c(OC[C@@H]3CCCN3C)nc3c(F)c(-c4cccc5c4CC(C)C5)ncc23)CCN1C(=O)C(=C)F. The van der Waals surface area contributed by atoms with Crippen molar-refractivity contribution in [2.75, 3.05) is 51.3 Å². The summed E-state index contributed by atoms with van der Waals surface area (Å²) in [7, 11) is 2.02. The molecule has 1 aliphatic carbocycles. The second-order valence-electron chi connectivity index (χ2n) is 12.3. The predicted octanol–water partition coefficient (Wildman–Crippen LogP) is 4.93. The fraction of sp³-hybridized carbons (Fsp3) is 0.441. The Bertz CT molecular complexity index is 1760. The molecule has 1 amide bonds. The zero-order chi connectivity index (χ0) is 31.8. The van der Waals surface area contributed by atoms with Crippen molar-refractivity contribution in [2.24, 2.45) is 5.92 Å². The smallest absolute Gasteiger partial charge is 0.282 e. The van der Waals surface area contributed by atoms with Crippen molar-refractivity contribution < 1.29 is 18.3 Å². The standard InChI is InChI=1S/C34H35F2N7O2/c1-20-13-22-7-5-9-25(26(22)14-20)30-29(36)31-28(17-39-30)32(27(15-37)33(40-31)45-19-23-8-6-10-41(23)4)42-11-12-43(34(44)21(2)35)24(18-42)16-38-3/h5,7,9,17,20,23-24H,2,6,8,10-14,16,18-19H2,1,4H3/t20?,23-,24-/m0/s1. The van der Waals surface area contributed by atoms with Gasteiger partial charge in [0.15, 0.2) is 11.6 Å². The average Bonchev–Trinajstić information content (AvgIpc) is 3.63. The van der Waals surface area contributed by atoms with E-state index in [0.717, 1.165) is 43.4 Å². The summed E-state index contributed by atoms with van der Waals surface area (Å²) in [4.78, 5) is 30.6. The molecule has 9 nitrogen and oxygen atoms in total. The van der Waals surface area contributed by atoms with Crippen molar-refractivity contribution in [2.45, 2.75) is 44.7 Å². The van der Waals surface area contributed by atoms with Crippen LogP contribution in [0, 0.1) is 29.6 Å². The zero-order valence-electron chi connectivity index (χ0n) is 25.5. The van der Waals surface area contributed by atoms with Gasteiger partial charge in [-0.15, -0.1) is 0 Å². The van der Waals surface area contributed by atoms with Gasteiger partial charge in [0.2, 0.25) is 12.4 Å². The number of amides is 1. The van der Waals surface area contributed by atoms with Crippen molar-refractivity contribution >= 4 is 22.5 Å². The van der Waals surface area contributed by atoms with Crippen molar-refractivity contribution in [1.29, 1.82) is 5.26 Å². The van der Waals surface area contributed by atoms with Crippen LogP contribution in [0.3, 0.4) is 0 Å². The summed E-state index contributed by atoms with van der Waals surface area (Å²) in [6.45, 7) is 14.3. The number of ether oxygens (including phenoxy) is 1. The summed E-state index contributed by atoms with van der Waals surface area (Å²) in [5.41, 5.74) is 3.74. The maximum absolute atomic E-state index is 16.7. The molecule has 1 aromatic carbocycles. The zero-order valence-corrected chi connectivity index (χ0v) is 25.5. The van der Waals surface area contributed by atoms with E-state index in [2.05, 4.69) is 45.4 Å². The number of likely N-dealkylation sites (N-methyl/N-ethyl adjacent to an activating group) is 1. The topological polar surface area (TPSA) is 90.0 Å². The molecule has 1 unspecified atom stereocenters. The number of aromatic nitrogens is 2. The summed E-state index contributed by atoms with van der Waals surface area (Å²) in [5, 5.41) is 10.8. The van der Waals surface area contributed by atoms with Gasteiger partial charge in [0.05, 0.1) is 5.69 Å². The van der Waals surface area contributed by atoms with Crippen LogP contribution in [0.5, 0.6) is 5.88 Å². The van der Waals surface area contributed by atoms with Gasteiger partial charge in [-0.25, -0.2) is 20.3 Å². The fourth-order valence-electron chi connectivity index (χ4n) is 7.07. The van der Waals surface area contributed by atoms with Gasteiger partial charge in [-0.2, -0.15) is 5.26 Å². The lowest BCUT2D eigenvalue weighted by Crippen LogP contribution is -2.56. The minimum Gasteiger partial charge on any atom is -0.475 e. The Morgan fingerprint density at radius 1 is 1.27 bits per heavy atom. The highest BCUT2D eigenvalue weighted by Crippen LogP contribution is 2.41. The molecule has 232 valence electrons. The van der Waals surface area contributed by atoms with E-state index >= 15 is 4.39 Å². The fourth-order valence-corrected chi connectivity index (χ4v) is 7.07. The Labute approximate surface area is 261 Å². The Balaban J connectivity index is 1.48.